The number of thiophene rings is 1. The molecule has 2 rings (SSSR count). The first-order chi connectivity index (χ1) is 9.68. The normalized spacial score (nSPS) is 11.9. The summed E-state index contributed by atoms with van der Waals surface area (Å²) in [5.41, 5.74) is 0.582. The topological polar surface area (TPSA) is 66.5 Å². The Balaban J connectivity index is 2.39. The molecule has 21 heavy (non-hydrogen) atoms. The van der Waals surface area contributed by atoms with Gasteiger partial charge in [-0.05, 0) is 43.5 Å². The summed E-state index contributed by atoms with van der Waals surface area (Å²) in [5, 5.41) is 3.71. The lowest BCUT2D eigenvalue weighted by atomic mass is 10.2. The van der Waals surface area contributed by atoms with E-state index in [9.17, 15) is 13.2 Å². The monoisotopic (exact) mass is 326 g/mol. The summed E-state index contributed by atoms with van der Waals surface area (Å²) in [7, 11) is -1.78. The van der Waals surface area contributed by atoms with E-state index in [1.165, 1.54) is 22.7 Å². The van der Waals surface area contributed by atoms with Gasteiger partial charge in [0.1, 0.15) is 0 Å². The quantitative estimate of drug-likeness (QED) is 0.938. The molecule has 0 fully saturated rings. The van der Waals surface area contributed by atoms with E-state index in [0.29, 0.717) is 10.6 Å². The van der Waals surface area contributed by atoms with Crippen LogP contribution in [0.25, 0.3) is 10.1 Å². The van der Waals surface area contributed by atoms with Crippen molar-refractivity contribution < 1.29 is 13.2 Å². The zero-order chi connectivity index (χ0) is 15.8. The summed E-state index contributed by atoms with van der Waals surface area (Å²) in [6.07, 6.45) is 1.16. The maximum Gasteiger partial charge on any atom is 0.261 e. The molecule has 1 aromatic heterocycles. The number of nitrogens with zero attached hydrogens (tertiary/aromatic N) is 1. The minimum absolute atomic E-state index is 0.0784. The van der Waals surface area contributed by atoms with Crippen LogP contribution in [0.4, 0.5) is 5.69 Å². The van der Waals surface area contributed by atoms with Crippen LogP contribution in [0.2, 0.25) is 0 Å². The molecule has 0 aliphatic heterocycles. The Labute approximate surface area is 128 Å². The highest BCUT2D eigenvalue weighted by atomic mass is 32.2. The summed E-state index contributed by atoms with van der Waals surface area (Å²) in [6, 6.07) is 7.22. The Morgan fingerprint density at radius 3 is 2.52 bits per heavy atom. The van der Waals surface area contributed by atoms with Gasteiger partial charge < -0.3 is 5.32 Å². The molecule has 0 spiro atoms. The molecular formula is C14H18N2O3S2. The molecule has 5 nitrogen and oxygen atoms in total. The van der Waals surface area contributed by atoms with Crippen LogP contribution in [0.1, 0.15) is 23.5 Å². The van der Waals surface area contributed by atoms with Crippen molar-refractivity contribution in [1.29, 1.82) is 0 Å². The zero-order valence-electron chi connectivity index (χ0n) is 12.4. The van der Waals surface area contributed by atoms with Crippen LogP contribution >= 0.6 is 11.3 Å². The summed E-state index contributed by atoms with van der Waals surface area (Å²) >= 11 is 1.40. The molecule has 0 unspecified atom stereocenters. The van der Waals surface area contributed by atoms with Crippen molar-refractivity contribution in [3.05, 3.63) is 29.1 Å². The highest BCUT2D eigenvalue weighted by molar-refractivity contribution is 7.92. The summed E-state index contributed by atoms with van der Waals surface area (Å²) < 4.78 is 25.3. The first kappa shape index (κ1) is 15.8. The third-order valence-corrected chi connectivity index (χ3v) is 5.33. The molecular weight excluding hydrogens is 308 g/mol. The second kappa shape index (κ2) is 5.65. The molecule has 0 aliphatic carbocycles. The molecule has 0 aliphatic rings. The number of sulfonamides is 1. The van der Waals surface area contributed by atoms with Crippen LogP contribution in [0.15, 0.2) is 24.3 Å². The molecule has 0 bridgehead atoms. The van der Waals surface area contributed by atoms with Gasteiger partial charge in [0.2, 0.25) is 10.0 Å². The number of rotatable bonds is 4. The third kappa shape index (κ3) is 3.54. The summed E-state index contributed by atoms with van der Waals surface area (Å²) in [6.45, 7) is 3.81. The fourth-order valence-electron chi connectivity index (χ4n) is 1.86. The van der Waals surface area contributed by atoms with Gasteiger partial charge in [-0.25, -0.2) is 8.42 Å². The molecule has 1 amide bonds. The Morgan fingerprint density at radius 2 is 1.95 bits per heavy atom. The van der Waals surface area contributed by atoms with Crippen molar-refractivity contribution in [2.45, 2.75) is 19.9 Å². The number of hydrogen-bond donors (Lipinski definition) is 1. The van der Waals surface area contributed by atoms with Crippen molar-refractivity contribution in [1.82, 2.24) is 5.32 Å². The standard InChI is InChI=1S/C14H18N2O3S2/c1-9(2)15-14(17)13-8-10-7-11(5-6-12(10)20-13)16(3)21(4,18)19/h5-9H,1-4H3,(H,15,17). The first-order valence-corrected chi connectivity index (χ1v) is 9.13. The Hall–Kier alpha value is -1.60. The lowest BCUT2D eigenvalue weighted by Gasteiger charge is -2.16. The first-order valence-electron chi connectivity index (χ1n) is 6.47. The SMILES string of the molecule is CC(C)NC(=O)c1cc2cc(N(C)S(C)(=O)=O)ccc2s1. The second-order valence-corrected chi connectivity index (χ2v) is 8.29. The molecule has 0 atom stereocenters. The van der Waals surface area contributed by atoms with Crippen LogP contribution in [0, 0.1) is 0 Å². The van der Waals surface area contributed by atoms with Crippen LogP contribution < -0.4 is 9.62 Å². The van der Waals surface area contributed by atoms with E-state index in [4.69, 9.17) is 0 Å². The third-order valence-electron chi connectivity index (χ3n) is 3.00. The van der Waals surface area contributed by atoms with Gasteiger partial charge >= 0.3 is 0 Å². The fraction of sp³-hybridized carbons (Fsp3) is 0.357. The molecule has 1 N–H and O–H groups in total. The molecule has 7 heteroatoms. The maximum atomic E-state index is 12.0. The van der Waals surface area contributed by atoms with Crippen molar-refractivity contribution in [3.63, 3.8) is 0 Å². The smallest absolute Gasteiger partial charge is 0.261 e. The predicted octanol–water partition coefficient (Wildman–Crippen LogP) is 2.44. The Morgan fingerprint density at radius 1 is 1.29 bits per heavy atom. The van der Waals surface area contributed by atoms with Crippen molar-refractivity contribution in [3.8, 4) is 0 Å². The zero-order valence-corrected chi connectivity index (χ0v) is 14.0. The van der Waals surface area contributed by atoms with E-state index in [1.807, 2.05) is 19.9 Å². The number of carbonyl (C=O) groups is 1. The van der Waals surface area contributed by atoms with E-state index in [0.717, 1.165) is 16.3 Å². The van der Waals surface area contributed by atoms with Gasteiger partial charge in [0, 0.05) is 17.8 Å². The average molecular weight is 326 g/mol. The fourth-order valence-corrected chi connectivity index (χ4v) is 3.31. The highest BCUT2D eigenvalue weighted by Crippen LogP contribution is 2.29. The van der Waals surface area contributed by atoms with Gasteiger partial charge in [-0.3, -0.25) is 9.10 Å². The van der Waals surface area contributed by atoms with Crippen molar-refractivity contribution in [2.75, 3.05) is 17.6 Å². The van der Waals surface area contributed by atoms with E-state index >= 15 is 0 Å². The van der Waals surface area contributed by atoms with Gasteiger partial charge in [-0.1, -0.05) is 0 Å². The lowest BCUT2D eigenvalue weighted by Crippen LogP contribution is -2.29. The van der Waals surface area contributed by atoms with Gasteiger partial charge in [0.15, 0.2) is 0 Å². The minimum atomic E-state index is -3.29. The molecule has 1 aromatic carbocycles. The molecule has 0 saturated carbocycles. The van der Waals surface area contributed by atoms with Crippen molar-refractivity contribution >= 4 is 43.0 Å². The Kier molecular flexibility index (Phi) is 4.25. The van der Waals surface area contributed by atoms with Crippen LogP contribution in [-0.4, -0.2) is 33.7 Å². The Bertz CT molecular complexity index is 779. The number of benzene rings is 1. The molecule has 1 heterocycles. The van der Waals surface area contributed by atoms with Crippen molar-refractivity contribution in [2.24, 2.45) is 0 Å². The van der Waals surface area contributed by atoms with Crippen LogP contribution in [0.3, 0.4) is 0 Å². The van der Waals surface area contributed by atoms with E-state index < -0.39 is 10.0 Å². The average Bonchev–Trinajstić information content (AvgIpc) is 2.78. The van der Waals surface area contributed by atoms with Gasteiger partial charge in [0.25, 0.3) is 5.91 Å². The lowest BCUT2D eigenvalue weighted by molar-refractivity contribution is 0.0947. The number of fused-ring (bicyclic) bond motifs is 1. The van der Waals surface area contributed by atoms with Gasteiger partial charge in [0.05, 0.1) is 16.8 Å². The summed E-state index contributed by atoms with van der Waals surface area (Å²) in [4.78, 5) is 12.6. The van der Waals surface area contributed by atoms with Crippen LogP contribution in [0.5, 0.6) is 0 Å². The van der Waals surface area contributed by atoms with Gasteiger partial charge in [-0.2, -0.15) is 0 Å². The number of amides is 1. The summed E-state index contributed by atoms with van der Waals surface area (Å²) in [5.74, 6) is -0.107. The van der Waals surface area contributed by atoms with E-state index in [-0.39, 0.29) is 11.9 Å². The van der Waals surface area contributed by atoms with Gasteiger partial charge in [-0.15, -0.1) is 11.3 Å². The predicted molar refractivity (Wildman–Crippen MR) is 87.7 cm³/mol. The highest BCUT2D eigenvalue weighted by Gasteiger charge is 2.15. The minimum Gasteiger partial charge on any atom is -0.349 e. The largest absolute Gasteiger partial charge is 0.349 e. The number of anilines is 1. The number of hydrogen-bond acceptors (Lipinski definition) is 4. The maximum absolute atomic E-state index is 12.0. The number of carbonyl (C=O) groups excluding carboxylic acids is 1. The van der Waals surface area contributed by atoms with E-state index in [2.05, 4.69) is 5.32 Å². The molecule has 0 saturated heterocycles. The molecule has 114 valence electrons. The second-order valence-electron chi connectivity index (χ2n) is 5.19. The van der Waals surface area contributed by atoms with Crippen LogP contribution in [-0.2, 0) is 10.0 Å². The van der Waals surface area contributed by atoms with E-state index in [1.54, 1.807) is 18.2 Å². The molecule has 2 aromatic rings. The number of nitrogens with one attached hydrogen (secondary N) is 1. The molecule has 0 radical (unpaired) electrons.